The third-order valence-electron chi connectivity index (χ3n) is 5.95. The Hall–Kier alpha value is -3.26. The van der Waals surface area contributed by atoms with Crippen LogP contribution in [0.5, 0.6) is 17.2 Å². The van der Waals surface area contributed by atoms with E-state index in [1.54, 1.807) is 44.3 Å². The SMILES string of the molecule is [2H]C([2H])([2H])Oc1ccc2c(c1)nc(SCc1ncc(C)c(OC)c1C)n2Cc1ncc(C)c(OC)c1C. The molecule has 0 N–H and O–H groups in total. The average molecular weight is 482 g/mol. The van der Waals surface area contributed by atoms with Crippen molar-refractivity contribution < 1.29 is 18.3 Å². The number of hydrogen-bond donors (Lipinski definition) is 0. The van der Waals surface area contributed by atoms with Crippen molar-refractivity contribution in [1.29, 1.82) is 0 Å². The number of aromatic nitrogens is 4. The van der Waals surface area contributed by atoms with E-state index >= 15 is 0 Å². The summed E-state index contributed by atoms with van der Waals surface area (Å²) < 4.78 is 40.6. The highest BCUT2D eigenvalue weighted by Gasteiger charge is 2.18. The molecular formula is C26H30N4O3S. The second-order valence-corrected chi connectivity index (χ2v) is 9.06. The summed E-state index contributed by atoms with van der Waals surface area (Å²) >= 11 is 1.55. The van der Waals surface area contributed by atoms with Crippen molar-refractivity contribution in [3.05, 3.63) is 64.2 Å². The number of nitrogens with zero attached hydrogens (tertiary/aromatic N) is 4. The number of methoxy groups -OCH3 is 3. The minimum atomic E-state index is -2.54. The van der Waals surface area contributed by atoms with Crippen LogP contribution >= 0.6 is 11.8 Å². The largest absolute Gasteiger partial charge is 0.497 e. The first-order chi connectivity index (χ1) is 17.5. The molecule has 1 aromatic carbocycles. The molecule has 0 bridgehead atoms. The molecule has 3 aromatic heterocycles. The van der Waals surface area contributed by atoms with Crippen molar-refractivity contribution in [3.63, 3.8) is 0 Å². The van der Waals surface area contributed by atoms with E-state index in [1.807, 2.05) is 40.0 Å². The molecule has 3 heterocycles. The Morgan fingerprint density at radius 2 is 1.56 bits per heavy atom. The molecule has 0 unspecified atom stereocenters. The zero-order chi connectivity index (χ0) is 26.9. The second kappa shape index (κ2) is 9.93. The Labute approximate surface area is 208 Å². The normalized spacial score (nSPS) is 12.8. The number of fused-ring (bicyclic) bond motifs is 1. The first-order valence-corrected chi connectivity index (χ1v) is 11.8. The van der Waals surface area contributed by atoms with Gasteiger partial charge in [0.25, 0.3) is 0 Å². The molecule has 0 radical (unpaired) electrons. The van der Waals surface area contributed by atoms with E-state index in [-0.39, 0.29) is 5.75 Å². The van der Waals surface area contributed by atoms with E-state index in [4.69, 9.17) is 23.3 Å². The predicted molar refractivity (Wildman–Crippen MR) is 135 cm³/mol. The molecule has 4 aromatic rings. The van der Waals surface area contributed by atoms with Gasteiger partial charge in [0.15, 0.2) is 5.16 Å². The summed E-state index contributed by atoms with van der Waals surface area (Å²) in [6, 6.07) is 5.12. The van der Waals surface area contributed by atoms with Gasteiger partial charge in [0.05, 0.1) is 54.3 Å². The molecule has 0 aliphatic heterocycles. The number of hydrogen-bond acceptors (Lipinski definition) is 7. The zero-order valence-corrected chi connectivity index (χ0v) is 21.0. The lowest BCUT2D eigenvalue weighted by Crippen LogP contribution is -2.07. The Morgan fingerprint density at radius 1 is 0.912 bits per heavy atom. The lowest BCUT2D eigenvalue weighted by atomic mass is 10.1. The predicted octanol–water partition coefficient (Wildman–Crippen LogP) is 5.43. The van der Waals surface area contributed by atoms with Crippen molar-refractivity contribution >= 4 is 22.8 Å². The third-order valence-corrected chi connectivity index (χ3v) is 6.94. The van der Waals surface area contributed by atoms with Gasteiger partial charge in [-0.3, -0.25) is 9.97 Å². The van der Waals surface area contributed by atoms with Gasteiger partial charge in [-0.1, -0.05) is 11.8 Å². The number of pyridine rings is 2. The topological polar surface area (TPSA) is 71.3 Å². The summed E-state index contributed by atoms with van der Waals surface area (Å²) in [4.78, 5) is 14.1. The quantitative estimate of drug-likeness (QED) is 0.311. The number of imidazole rings is 1. The van der Waals surface area contributed by atoms with Crippen LogP contribution in [0.25, 0.3) is 11.0 Å². The Balaban J connectivity index is 1.76. The molecule has 34 heavy (non-hydrogen) atoms. The molecule has 0 amide bonds. The molecule has 178 valence electrons. The summed E-state index contributed by atoms with van der Waals surface area (Å²) in [6.07, 6.45) is 3.62. The van der Waals surface area contributed by atoms with Gasteiger partial charge in [-0.05, 0) is 39.8 Å². The smallest absolute Gasteiger partial charge is 0.169 e. The van der Waals surface area contributed by atoms with Crippen molar-refractivity contribution in [1.82, 2.24) is 19.5 Å². The highest BCUT2D eigenvalue weighted by Crippen LogP contribution is 2.33. The lowest BCUT2D eigenvalue weighted by molar-refractivity contribution is 0.406. The number of thioether (sulfide) groups is 1. The van der Waals surface area contributed by atoms with Crippen LogP contribution in [0.4, 0.5) is 0 Å². The summed E-state index contributed by atoms with van der Waals surface area (Å²) in [5, 5.41) is 0.752. The van der Waals surface area contributed by atoms with Crippen LogP contribution in [-0.4, -0.2) is 40.8 Å². The fourth-order valence-corrected chi connectivity index (χ4v) is 5.18. The average Bonchev–Trinajstić information content (AvgIpc) is 3.16. The highest BCUT2D eigenvalue weighted by molar-refractivity contribution is 7.98. The Kier molecular flexibility index (Phi) is 5.88. The van der Waals surface area contributed by atoms with E-state index in [2.05, 4.69) is 14.5 Å². The molecule has 0 spiro atoms. The van der Waals surface area contributed by atoms with Gasteiger partial charge >= 0.3 is 0 Å². The molecule has 0 aliphatic rings. The third kappa shape index (κ3) is 4.42. The summed E-state index contributed by atoms with van der Waals surface area (Å²) in [5.41, 5.74) is 7.14. The molecule has 7 nitrogen and oxygen atoms in total. The molecule has 0 saturated carbocycles. The zero-order valence-electron chi connectivity index (χ0n) is 23.2. The van der Waals surface area contributed by atoms with Gasteiger partial charge in [0, 0.05) is 46.5 Å². The maximum atomic E-state index is 7.43. The van der Waals surface area contributed by atoms with Crippen LogP contribution in [0.1, 0.15) is 37.8 Å². The number of rotatable bonds is 8. The molecular weight excluding hydrogens is 448 g/mol. The lowest BCUT2D eigenvalue weighted by Gasteiger charge is -2.15. The van der Waals surface area contributed by atoms with Crippen LogP contribution < -0.4 is 14.2 Å². The van der Waals surface area contributed by atoms with Crippen molar-refractivity contribution in [2.24, 2.45) is 0 Å². The molecule has 4 rings (SSSR count). The maximum Gasteiger partial charge on any atom is 0.169 e. The minimum Gasteiger partial charge on any atom is -0.497 e. The monoisotopic (exact) mass is 481 g/mol. The van der Waals surface area contributed by atoms with Crippen molar-refractivity contribution in [2.45, 2.75) is 45.1 Å². The van der Waals surface area contributed by atoms with Gasteiger partial charge in [0.2, 0.25) is 0 Å². The van der Waals surface area contributed by atoms with Crippen LogP contribution in [0, 0.1) is 27.7 Å². The molecule has 8 heteroatoms. The minimum absolute atomic E-state index is 0.237. The van der Waals surface area contributed by atoms with Gasteiger partial charge in [0.1, 0.15) is 17.2 Å². The van der Waals surface area contributed by atoms with Gasteiger partial charge in [-0.15, -0.1) is 0 Å². The van der Waals surface area contributed by atoms with Crippen molar-refractivity contribution in [3.8, 4) is 17.2 Å². The van der Waals surface area contributed by atoms with E-state index in [9.17, 15) is 0 Å². The fraction of sp³-hybridized carbons (Fsp3) is 0.346. The van der Waals surface area contributed by atoms with Gasteiger partial charge in [-0.2, -0.15) is 0 Å². The number of aryl methyl sites for hydroxylation is 2. The molecule has 0 fully saturated rings. The second-order valence-electron chi connectivity index (χ2n) is 8.11. The maximum absolute atomic E-state index is 7.43. The Morgan fingerprint density at radius 3 is 2.21 bits per heavy atom. The van der Waals surface area contributed by atoms with Crippen LogP contribution in [0.15, 0.2) is 35.7 Å². The van der Waals surface area contributed by atoms with Gasteiger partial charge < -0.3 is 18.8 Å². The highest BCUT2D eigenvalue weighted by atomic mass is 32.2. The van der Waals surface area contributed by atoms with Crippen LogP contribution in [0.2, 0.25) is 0 Å². The van der Waals surface area contributed by atoms with E-state index in [1.165, 1.54) is 0 Å². The standard InChI is InChI=1S/C26H30N4O3S/c1-15-11-27-21(17(3)24(15)32-6)13-30-23-9-8-19(31-5)10-20(23)29-26(30)34-14-22-18(4)25(33-7)16(2)12-28-22/h8-12H,13-14H2,1-7H3/i5D3. The van der Waals surface area contributed by atoms with Crippen LogP contribution in [-0.2, 0) is 12.3 Å². The first-order valence-electron chi connectivity index (χ1n) is 12.3. The number of benzene rings is 1. The molecule has 0 saturated heterocycles. The first kappa shape index (κ1) is 20.1. The van der Waals surface area contributed by atoms with Crippen molar-refractivity contribution in [2.75, 3.05) is 21.3 Å². The van der Waals surface area contributed by atoms with E-state index < -0.39 is 7.04 Å². The molecule has 0 aliphatic carbocycles. The summed E-state index contributed by atoms with van der Waals surface area (Å²) in [5.74, 6) is 2.45. The van der Waals surface area contributed by atoms with Crippen LogP contribution in [0.3, 0.4) is 0 Å². The summed E-state index contributed by atoms with van der Waals surface area (Å²) in [7, 11) is 0.779. The van der Waals surface area contributed by atoms with Gasteiger partial charge in [-0.25, -0.2) is 4.98 Å². The van der Waals surface area contributed by atoms with E-state index in [0.717, 1.165) is 55.8 Å². The molecule has 0 atom stereocenters. The summed E-state index contributed by atoms with van der Waals surface area (Å²) in [6.45, 7) is 8.40. The van der Waals surface area contributed by atoms with E-state index in [0.29, 0.717) is 17.8 Å². The fourth-order valence-electron chi connectivity index (χ4n) is 4.14. The number of ether oxygens (including phenoxy) is 3. The Bertz CT molecular complexity index is 1450.